The molecule has 2 aromatic rings. The van der Waals surface area contributed by atoms with Gasteiger partial charge in [0, 0.05) is 10.2 Å². The molecule has 2 nitrogen and oxygen atoms in total. The minimum Gasteiger partial charge on any atom is -0.353 e. The van der Waals surface area contributed by atoms with Gasteiger partial charge in [0.2, 0.25) is 0 Å². The minimum atomic E-state index is -0.430. The summed E-state index contributed by atoms with van der Waals surface area (Å²) in [7, 11) is 0. The average Bonchev–Trinajstić information content (AvgIpc) is 2.34. The number of nitriles is 1. The molecule has 0 aliphatic heterocycles. The molecule has 2 rings (SSSR count). The third kappa shape index (κ3) is 3.19. The van der Waals surface area contributed by atoms with E-state index >= 15 is 0 Å². The number of nitrogens with one attached hydrogen (secondary N) is 1. The third-order valence-corrected chi connectivity index (χ3v) is 3.60. The number of rotatable bonds is 2. The van der Waals surface area contributed by atoms with E-state index in [9.17, 15) is 4.39 Å². The maximum absolute atomic E-state index is 13.1. The van der Waals surface area contributed by atoms with Crippen LogP contribution in [0.5, 0.6) is 0 Å². The molecule has 6 heteroatoms. The van der Waals surface area contributed by atoms with Gasteiger partial charge in [0.1, 0.15) is 11.9 Å². The Bertz CT molecular complexity index is 660. The summed E-state index contributed by atoms with van der Waals surface area (Å²) < 4.78 is 13.6. The zero-order chi connectivity index (χ0) is 14.0. The van der Waals surface area contributed by atoms with Gasteiger partial charge in [0.15, 0.2) is 0 Å². The van der Waals surface area contributed by atoms with Crippen molar-refractivity contribution in [3.05, 3.63) is 56.2 Å². The molecule has 0 aliphatic carbocycles. The number of hydrogen-bond acceptors (Lipinski definition) is 2. The second-order valence-electron chi connectivity index (χ2n) is 3.68. The summed E-state index contributed by atoms with van der Waals surface area (Å²) in [6.07, 6.45) is 0. The summed E-state index contributed by atoms with van der Waals surface area (Å²) in [5.74, 6) is -0.430. The maximum Gasteiger partial charge on any atom is 0.125 e. The average molecular weight is 360 g/mol. The molecular formula is C13H6BrCl2FN2. The van der Waals surface area contributed by atoms with Gasteiger partial charge in [-0.25, -0.2) is 4.39 Å². The molecule has 0 fully saturated rings. The molecule has 1 N–H and O–H groups in total. The van der Waals surface area contributed by atoms with E-state index in [1.165, 1.54) is 12.1 Å². The molecule has 0 amide bonds. The van der Waals surface area contributed by atoms with Crippen molar-refractivity contribution >= 4 is 50.5 Å². The molecule has 0 spiro atoms. The van der Waals surface area contributed by atoms with Crippen LogP contribution in [0, 0.1) is 17.1 Å². The van der Waals surface area contributed by atoms with Crippen LogP contribution in [0.2, 0.25) is 10.0 Å². The van der Waals surface area contributed by atoms with Crippen molar-refractivity contribution in [2.75, 3.05) is 5.32 Å². The van der Waals surface area contributed by atoms with Gasteiger partial charge in [-0.3, -0.25) is 0 Å². The first-order valence-electron chi connectivity index (χ1n) is 5.12. The molecule has 0 saturated heterocycles. The summed E-state index contributed by atoms with van der Waals surface area (Å²) in [5, 5.41) is 12.4. The fraction of sp³-hybridized carbons (Fsp3) is 0. The second-order valence-corrected chi connectivity index (χ2v) is 5.34. The first kappa shape index (κ1) is 14.1. The van der Waals surface area contributed by atoms with Crippen molar-refractivity contribution in [2.24, 2.45) is 0 Å². The molecule has 0 saturated carbocycles. The predicted molar refractivity (Wildman–Crippen MR) is 78.6 cm³/mol. The Morgan fingerprint density at radius 2 is 1.89 bits per heavy atom. The second kappa shape index (κ2) is 5.79. The Labute approximate surface area is 127 Å². The zero-order valence-corrected chi connectivity index (χ0v) is 12.4. The van der Waals surface area contributed by atoms with E-state index in [0.717, 1.165) is 0 Å². The van der Waals surface area contributed by atoms with Crippen LogP contribution in [0.1, 0.15) is 5.56 Å². The Morgan fingerprint density at radius 3 is 2.47 bits per heavy atom. The predicted octanol–water partition coefficient (Wildman–Crippen LogP) is 5.51. The van der Waals surface area contributed by atoms with Crippen LogP contribution in [-0.4, -0.2) is 0 Å². The Kier molecular flexibility index (Phi) is 4.31. The van der Waals surface area contributed by atoms with E-state index in [-0.39, 0.29) is 5.02 Å². The fourth-order valence-electron chi connectivity index (χ4n) is 1.49. The van der Waals surface area contributed by atoms with Crippen LogP contribution >= 0.6 is 39.1 Å². The molecule has 0 aromatic heterocycles. The van der Waals surface area contributed by atoms with Crippen LogP contribution in [0.25, 0.3) is 0 Å². The highest BCUT2D eigenvalue weighted by Gasteiger charge is 2.09. The van der Waals surface area contributed by atoms with Gasteiger partial charge >= 0.3 is 0 Å². The Balaban J connectivity index is 2.37. The van der Waals surface area contributed by atoms with Crippen molar-refractivity contribution in [3.8, 4) is 6.07 Å². The van der Waals surface area contributed by atoms with Gasteiger partial charge in [0.25, 0.3) is 0 Å². The minimum absolute atomic E-state index is 0.243. The maximum atomic E-state index is 13.1. The topological polar surface area (TPSA) is 35.8 Å². The Morgan fingerprint density at radius 1 is 1.16 bits per heavy atom. The quantitative estimate of drug-likeness (QED) is 0.767. The first-order valence-corrected chi connectivity index (χ1v) is 6.67. The highest BCUT2D eigenvalue weighted by Crippen LogP contribution is 2.34. The van der Waals surface area contributed by atoms with Crippen LogP contribution in [-0.2, 0) is 0 Å². The summed E-state index contributed by atoms with van der Waals surface area (Å²) in [5.41, 5.74) is 1.57. The summed E-state index contributed by atoms with van der Waals surface area (Å²) >= 11 is 15.1. The number of halogens is 4. The lowest BCUT2D eigenvalue weighted by Gasteiger charge is -2.11. The van der Waals surface area contributed by atoms with Gasteiger partial charge in [-0.2, -0.15) is 5.26 Å². The fourth-order valence-corrected chi connectivity index (χ4v) is 2.61. The third-order valence-electron chi connectivity index (χ3n) is 2.37. The molecule has 0 unspecified atom stereocenters. The van der Waals surface area contributed by atoms with Gasteiger partial charge < -0.3 is 5.32 Å². The lowest BCUT2D eigenvalue weighted by molar-refractivity contribution is 0.627. The first-order chi connectivity index (χ1) is 9.01. The van der Waals surface area contributed by atoms with Crippen molar-refractivity contribution < 1.29 is 4.39 Å². The molecule has 96 valence electrons. The van der Waals surface area contributed by atoms with Gasteiger partial charge in [-0.15, -0.1) is 0 Å². The van der Waals surface area contributed by atoms with E-state index in [2.05, 4.69) is 21.2 Å². The van der Waals surface area contributed by atoms with Crippen LogP contribution in [0.3, 0.4) is 0 Å². The Hall–Kier alpha value is -1.28. The highest BCUT2D eigenvalue weighted by molar-refractivity contribution is 9.10. The van der Waals surface area contributed by atoms with E-state index in [4.69, 9.17) is 28.5 Å². The zero-order valence-electron chi connectivity index (χ0n) is 9.35. The van der Waals surface area contributed by atoms with Crippen LogP contribution < -0.4 is 5.32 Å². The lowest BCUT2D eigenvalue weighted by Crippen LogP contribution is -1.94. The molecule has 0 radical (unpaired) electrons. The van der Waals surface area contributed by atoms with Gasteiger partial charge in [-0.05, 0) is 46.3 Å². The molecule has 0 bridgehead atoms. The molecule has 0 aliphatic rings. The van der Waals surface area contributed by atoms with Gasteiger partial charge in [-0.1, -0.05) is 23.2 Å². The summed E-state index contributed by atoms with van der Waals surface area (Å²) in [6, 6.07) is 9.37. The van der Waals surface area contributed by atoms with E-state index in [1.54, 1.807) is 18.2 Å². The number of hydrogen-bond donors (Lipinski definition) is 1. The summed E-state index contributed by atoms with van der Waals surface area (Å²) in [4.78, 5) is 0. The van der Waals surface area contributed by atoms with Crippen molar-refractivity contribution in [3.63, 3.8) is 0 Å². The number of benzene rings is 2. The van der Waals surface area contributed by atoms with Crippen molar-refractivity contribution in [1.29, 1.82) is 5.26 Å². The highest BCUT2D eigenvalue weighted by atomic mass is 79.9. The molecule has 2 aromatic carbocycles. The number of anilines is 2. The van der Waals surface area contributed by atoms with Crippen LogP contribution in [0.15, 0.2) is 34.8 Å². The van der Waals surface area contributed by atoms with Crippen LogP contribution in [0.4, 0.5) is 15.8 Å². The van der Waals surface area contributed by atoms with Crippen molar-refractivity contribution in [1.82, 2.24) is 0 Å². The molecular weight excluding hydrogens is 354 g/mol. The molecule has 0 heterocycles. The normalized spacial score (nSPS) is 10.1. The molecule has 19 heavy (non-hydrogen) atoms. The van der Waals surface area contributed by atoms with Gasteiger partial charge in [0.05, 0.1) is 21.3 Å². The standard InChI is InChI=1S/C13H6BrCl2FN2/c14-10-3-8(17)4-12(16)13(10)19-9-2-1-7(6-18)11(15)5-9/h1-5,19H. The molecule has 0 atom stereocenters. The van der Waals surface area contributed by atoms with Crippen molar-refractivity contribution in [2.45, 2.75) is 0 Å². The van der Waals surface area contributed by atoms with E-state index < -0.39 is 5.82 Å². The monoisotopic (exact) mass is 358 g/mol. The van der Waals surface area contributed by atoms with E-state index in [1.807, 2.05) is 6.07 Å². The number of nitrogens with zero attached hydrogens (tertiary/aromatic N) is 1. The van der Waals surface area contributed by atoms with E-state index in [0.29, 0.717) is 26.4 Å². The SMILES string of the molecule is N#Cc1ccc(Nc2c(Cl)cc(F)cc2Br)cc1Cl. The smallest absolute Gasteiger partial charge is 0.125 e. The largest absolute Gasteiger partial charge is 0.353 e. The lowest BCUT2D eigenvalue weighted by atomic mass is 10.2. The summed E-state index contributed by atoms with van der Waals surface area (Å²) in [6.45, 7) is 0.